The summed E-state index contributed by atoms with van der Waals surface area (Å²) in [6.07, 6.45) is -8.92. The molecule has 12 nitrogen and oxygen atoms in total. The van der Waals surface area contributed by atoms with E-state index in [0.717, 1.165) is 12.3 Å². The first-order valence-corrected chi connectivity index (χ1v) is 14.5. The molecule has 0 saturated carbocycles. The highest BCUT2D eigenvalue weighted by atomic mass is 31.2. The second-order valence-corrected chi connectivity index (χ2v) is 11.8. The summed E-state index contributed by atoms with van der Waals surface area (Å²) in [5.41, 5.74) is -3.00. The number of halogens is 2. The van der Waals surface area contributed by atoms with Crippen LogP contribution in [-0.4, -0.2) is 82.0 Å². The van der Waals surface area contributed by atoms with Crippen molar-refractivity contribution in [3.63, 3.8) is 0 Å². The second kappa shape index (κ2) is 12.5. The first-order valence-electron chi connectivity index (χ1n) is 13.0. The van der Waals surface area contributed by atoms with Crippen LogP contribution in [0.1, 0.15) is 27.2 Å². The molecule has 0 bridgehead atoms. The van der Waals surface area contributed by atoms with Gasteiger partial charge in [0.15, 0.2) is 17.6 Å². The third-order valence-corrected chi connectivity index (χ3v) is 8.23. The van der Waals surface area contributed by atoms with E-state index >= 15 is 0 Å². The highest BCUT2D eigenvalue weighted by Crippen LogP contribution is 2.49. The monoisotopic (exact) mass is 612 g/mol. The Kier molecular flexibility index (Phi) is 9.46. The predicted molar refractivity (Wildman–Crippen MR) is 143 cm³/mol. The molecule has 0 aromatic heterocycles. The third kappa shape index (κ3) is 6.54. The summed E-state index contributed by atoms with van der Waals surface area (Å²) < 4.78 is 64.9. The Morgan fingerprint density at radius 3 is 2.52 bits per heavy atom. The molecule has 0 aliphatic carbocycles. The minimum atomic E-state index is -4.75. The van der Waals surface area contributed by atoms with Gasteiger partial charge in [-0.1, -0.05) is 36.4 Å². The fourth-order valence-electron chi connectivity index (χ4n) is 4.47. The van der Waals surface area contributed by atoms with Crippen LogP contribution in [0.25, 0.3) is 10.8 Å². The number of esters is 1. The fraction of sp³-hybridized carbons (Fsp3) is 0.444. The van der Waals surface area contributed by atoms with Crippen LogP contribution in [0.3, 0.4) is 0 Å². The summed E-state index contributed by atoms with van der Waals surface area (Å²) in [6.45, 7) is 3.17. The van der Waals surface area contributed by atoms with Gasteiger partial charge in [0.2, 0.25) is 5.91 Å². The van der Waals surface area contributed by atoms with E-state index in [1.54, 1.807) is 50.2 Å². The third-order valence-electron chi connectivity index (χ3n) is 6.62. The summed E-state index contributed by atoms with van der Waals surface area (Å²) in [6, 6.07) is 10.4. The molecular formula is C27H31F2N2O10P. The lowest BCUT2D eigenvalue weighted by Crippen LogP contribution is -2.53. The lowest BCUT2D eigenvalue weighted by Gasteiger charge is -2.33. The summed E-state index contributed by atoms with van der Waals surface area (Å²) >= 11 is 0. The van der Waals surface area contributed by atoms with Gasteiger partial charge < -0.3 is 24.2 Å². The molecule has 0 spiro atoms. The smallest absolute Gasteiger partial charge is 0.459 e. The van der Waals surface area contributed by atoms with E-state index in [0.29, 0.717) is 15.7 Å². The van der Waals surface area contributed by atoms with Crippen molar-refractivity contribution in [2.75, 3.05) is 6.61 Å². The van der Waals surface area contributed by atoms with Gasteiger partial charge in [0.1, 0.15) is 24.0 Å². The van der Waals surface area contributed by atoms with Gasteiger partial charge >= 0.3 is 13.7 Å². The van der Waals surface area contributed by atoms with Gasteiger partial charge in [-0.3, -0.25) is 23.8 Å². The zero-order valence-corrected chi connectivity index (χ0v) is 23.8. The Morgan fingerprint density at radius 1 is 1.17 bits per heavy atom. The van der Waals surface area contributed by atoms with Crippen LogP contribution in [-0.2, 0) is 32.9 Å². The van der Waals surface area contributed by atoms with Gasteiger partial charge in [0, 0.05) is 11.6 Å². The average molecular weight is 613 g/mol. The van der Waals surface area contributed by atoms with Crippen molar-refractivity contribution < 1.29 is 56.5 Å². The number of aliphatic hydroxyl groups excluding tert-OH is 2. The number of amides is 1. The second-order valence-electron chi connectivity index (χ2n) is 10.1. The van der Waals surface area contributed by atoms with E-state index < -0.39 is 81.0 Å². The maximum Gasteiger partial charge on any atom is 0.459 e. The number of carbonyl (C=O) groups excluding carboxylic acids is 3. The van der Waals surface area contributed by atoms with E-state index in [-0.39, 0.29) is 5.75 Å². The molecule has 2 aliphatic heterocycles. The molecule has 2 heterocycles. The van der Waals surface area contributed by atoms with E-state index in [1.807, 2.05) is 0 Å². The van der Waals surface area contributed by atoms with Gasteiger partial charge in [-0.25, -0.2) is 13.3 Å². The molecule has 1 amide bonds. The Labute approximate surface area is 239 Å². The molecule has 3 N–H and O–H groups in total. The van der Waals surface area contributed by atoms with Gasteiger partial charge in [-0.2, -0.15) is 5.09 Å². The van der Waals surface area contributed by atoms with Gasteiger partial charge in [0.05, 0.1) is 19.1 Å². The van der Waals surface area contributed by atoms with E-state index in [9.17, 15) is 37.9 Å². The number of hydrogen-bond donors (Lipinski definition) is 3. The van der Waals surface area contributed by atoms with Crippen LogP contribution in [0.15, 0.2) is 54.7 Å². The largest absolute Gasteiger partial charge is 0.462 e. The SMILES string of the molecule is CC(C)OC(=O)[C@H](C)NP(=O)(OC[C@@]1(C(F)F)O[C@@H](N2C=CC(=O)CC2=O)[C@H](O)[C@H]1O)Oc1cccc2ccccc12. The van der Waals surface area contributed by atoms with Crippen molar-refractivity contribution in [1.82, 2.24) is 9.99 Å². The van der Waals surface area contributed by atoms with Crippen LogP contribution in [0.5, 0.6) is 5.75 Å². The number of nitrogens with zero attached hydrogens (tertiary/aromatic N) is 1. The Morgan fingerprint density at radius 2 is 1.86 bits per heavy atom. The first-order chi connectivity index (χ1) is 19.8. The Hall–Kier alpha value is -3.26. The first kappa shape index (κ1) is 31.7. The number of fused-ring (bicyclic) bond motifs is 1. The van der Waals surface area contributed by atoms with E-state index in [4.69, 9.17) is 18.5 Å². The molecule has 1 saturated heterocycles. The lowest BCUT2D eigenvalue weighted by molar-refractivity contribution is -0.200. The molecule has 42 heavy (non-hydrogen) atoms. The van der Waals surface area contributed by atoms with Gasteiger partial charge in [0.25, 0.3) is 6.43 Å². The molecule has 0 radical (unpaired) electrons. The topological polar surface area (TPSA) is 161 Å². The van der Waals surface area contributed by atoms with Crippen LogP contribution < -0.4 is 9.61 Å². The van der Waals surface area contributed by atoms with Crippen LogP contribution in [0.4, 0.5) is 8.78 Å². The number of benzene rings is 2. The normalized spacial score (nSPS) is 26.6. The van der Waals surface area contributed by atoms with Gasteiger partial charge in [-0.15, -0.1) is 0 Å². The molecule has 4 rings (SSSR count). The number of carbonyl (C=O) groups is 3. The molecule has 15 heteroatoms. The lowest BCUT2D eigenvalue weighted by atomic mass is 9.96. The summed E-state index contributed by atoms with van der Waals surface area (Å²) in [5.74, 6) is -2.21. The van der Waals surface area contributed by atoms with Crippen molar-refractivity contribution in [1.29, 1.82) is 0 Å². The number of aliphatic hydroxyl groups is 2. The van der Waals surface area contributed by atoms with Crippen molar-refractivity contribution in [3.8, 4) is 5.75 Å². The van der Waals surface area contributed by atoms with Crippen LogP contribution in [0.2, 0.25) is 0 Å². The van der Waals surface area contributed by atoms with Crippen LogP contribution in [0, 0.1) is 0 Å². The number of alkyl halides is 2. The quantitative estimate of drug-likeness (QED) is 0.194. The number of hydrogen-bond acceptors (Lipinski definition) is 10. The maximum atomic E-state index is 14.6. The Bertz CT molecular complexity index is 1420. The standard InChI is InChI=1S/C27H31F2N2O10P/c1-15(2)39-25(36)16(3)30-42(37,41-20-10-6-8-17-7-4-5-9-19(17)20)38-14-27(26(28)29)23(35)22(34)24(40-27)31-12-11-18(32)13-21(31)33/h4-12,15-16,22-24,26,34-35H,13-14H2,1-3H3,(H,30,37)/t16-,22+,23+,24+,27+,42?/m0/s1. The highest BCUT2D eigenvalue weighted by Gasteiger charge is 2.62. The van der Waals surface area contributed by atoms with Crippen molar-refractivity contribution in [2.45, 2.75) is 69.8 Å². The molecular weight excluding hydrogens is 581 g/mol. The summed E-state index contributed by atoms with van der Waals surface area (Å²) in [4.78, 5) is 37.1. The van der Waals surface area contributed by atoms with Gasteiger partial charge in [-0.05, 0) is 38.3 Å². The van der Waals surface area contributed by atoms with Crippen molar-refractivity contribution in [3.05, 3.63) is 54.7 Å². The maximum absolute atomic E-state index is 14.6. The molecule has 2 aromatic carbocycles. The Balaban J connectivity index is 1.65. The molecule has 1 unspecified atom stereocenters. The minimum absolute atomic E-state index is 0.0268. The van der Waals surface area contributed by atoms with Crippen molar-refractivity contribution in [2.24, 2.45) is 0 Å². The zero-order chi connectivity index (χ0) is 30.8. The molecule has 2 aromatic rings. The number of rotatable bonds is 11. The van der Waals surface area contributed by atoms with Crippen LogP contribution >= 0.6 is 7.75 Å². The fourth-order valence-corrected chi connectivity index (χ4v) is 6.02. The molecule has 6 atom stereocenters. The summed E-state index contributed by atoms with van der Waals surface area (Å²) in [5, 5.41) is 24.9. The minimum Gasteiger partial charge on any atom is -0.462 e. The molecule has 2 aliphatic rings. The van der Waals surface area contributed by atoms with Crippen molar-refractivity contribution >= 4 is 36.2 Å². The highest BCUT2D eigenvalue weighted by molar-refractivity contribution is 7.52. The van der Waals surface area contributed by atoms with E-state index in [1.165, 1.54) is 13.0 Å². The number of ether oxygens (including phenoxy) is 2. The summed E-state index contributed by atoms with van der Waals surface area (Å²) in [7, 11) is -4.75. The average Bonchev–Trinajstić information content (AvgIpc) is 3.18. The predicted octanol–water partition coefficient (Wildman–Crippen LogP) is 2.67. The zero-order valence-electron chi connectivity index (χ0n) is 22.9. The number of allylic oxidation sites excluding steroid dienone is 1. The number of ketones is 1. The van der Waals surface area contributed by atoms with E-state index in [2.05, 4.69) is 5.09 Å². The number of nitrogens with one attached hydrogen (secondary N) is 1. The molecule has 1 fully saturated rings. The molecule has 228 valence electrons.